The van der Waals surface area contributed by atoms with Gasteiger partial charge >= 0.3 is 0 Å². The Morgan fingerprint density at radius 3 is 2.86 bits per heavy atom. The zero-order valence-electron chi connectivity index (χ0n) is 8.22. The summed E-state index contributed by atoms with van der Waals surface area (Å²) in [5.74, 6) is 0. The number of thiophene rings is 1. The third-order valence-electron chi connectivity index (χ3n) is 2.47. The van der Waals surface area contributed by atoms with E-state index < -0.39 is 0 Å². The summed E-state index contributed by atoms with van der Waals surface area (Å²) in [5, 5.41) is 6.89. The molecule has 2 N–H and O–H groups in total. The molecule has 0 radical (unpaired) electrons. The lowest BCUT2D eigenvalue weighted by molar-refractivity contribution is 0.533. The Morgan fingerprint density at radius 2 is 2.36 bits per heavy atom. The molecule has 4 heteroatoms. The molecule has 78 valence electrons. The fourth-order valence-electron chi connectivity index (χ4n) is 1.43. The molecule has 1 unspecified atom stereocenters. The second kappa shape index (κ2) is 4.75. The average Bonchev–Trinajstić information content (AvgIpc) is 2.90. The van der Waals surface area contributed by atoms with Crippen molar-refractivity contribution in [2.24, 2.45) is 0 Å². The molecule has 1 aliphatic rings. The van der Waals surface area contributed by atoms with Crippen LogP contribution in [0.4, 0.5) is 0 Å². The predicted molar refractivity (Wildman–Crippen MR) is 64.8 cm³/mol. The van der Waals surface area contributed by atoms with E-state index in [4.69, 9.17) is 0 Å². The van der Waals surface area contributed by atoms with Gasteiger partial charge in [0.05, 0.1) is 9.83 Å². The van der Waals surface area contributed by atoms with Crippen molar-refractivity contribution in [1.82, 2.24) is 10.6 Å². The van der Waals surface area contributed by atoms with E-state index in [9.17, 15) is 0 Å². The molecule has 0 aliphatic heterocycles. The van der Waals surface area contributed by atoms with Crippen LogP contribution in [-0.2, 0) is 0 Å². The Bertz CT molecular complexity index is 296. The van der Waals surface area contributed by atoms with E-state index in [1.807, 2.05) is 7.05 Å². The van der Waals surface area contributed by atoms with Crippen molar-refractivity contribution in [3.63, 3.8) is 0 Å². The molecule has 1 saturated carbocycles. The largest absolute Gasteiger partial charge is 0.312 e. The predicted octanol–water partition coefficient (Wildman–Crippen LogP) is 2.52. The third kappa shape index (κ3) is 2.79. The number of likely N-dealkylation sites (N-methyl/N-ethyl adjacent to an activating group) is 1. The number of hydrogen-bond acceptors (Lipinski definition) is 3. The summed E-state index contributed by atoms with van der Waals surface area (Å²) in [6, 6.07) is 5.53. The van der Waals surface area contributed by atoms with Crippen molar-refractivity contribution in [3.05, 3.63) is 20.8 Å². The fraction of sp³-hybridized carbons (Fsp3) is 0.600. The standard InChI is InChI=1S/C10H15BrN2S/c1-12-8(6-13-7-2-3-7)9-4-5-10(11)14-9/h4-5,7-8,12-13H,2-3,6H2,1H3. The van der Waals surface area contributed by atoms with Gasteiger partial charge in [0.2, 0.25) is 0 Å². The van der Waals surface area contributed by atoms with E-state index in [1.54, 1.807) is 11.3 Å². The van der Waals surface area contributed by atoms with E-state index in [2.05, 4.69) is 38.7 Å². The van der Waals surface area contributed by atoms with E-state index in [0.717, 1.165) is 12.6 Å². The maximum Gasteiger partial charge on any atom is 0.0702 e. The summed E-state index contributed by atoms with van der Waals surface area (Å²) in [5.41, 5.74) is 0. The molecular formula is C10H15BrN2S. The molecule has 1 aromatic rings. The second-order valence-corrected chi connectivity index (χ2v) is 6.16. The van der Waals surface area contributed by atoms with Gasteiger partial charge in [-0.25, -0.2) is 0 Å². The van der Waals surface area contributed by atoms with Gasteiger partial charge in [-0.3, -0.25) is 0 Å². The first-order valence-electron chi connectivity index (χ1n) is 4.95. The molecule has 1 aromatic heterocycles. The van der Waals surface area contributed by atoms with Crippen molar-refractivity contribution in [2.75, 3.05) is 13.6 Å². The monoisotopic (exact) mass is 274 g/mol. The van der Waals surface area contributed by atoms with Gasteiger partial charge in [0.25, 0.3) is 0 Å². The second-order valence-electron chi connectivity index (χ2n) is 3.67. The zero-order chi connectivity index (χ0) is 9.97. The Morgan fingerprint density at radius 1 is 1.57 bits per heavy atom. The topological polar surface area (TPSA) is 24.1 Å². The number of hydrogen-bond donors (Lipinski definition) is 2. The van der Waals surface area contributed by atoms with Crippen molar-refractivity contribution in [3.8, 4) is 0 Å². The Labute approximate surface area is 97.2 Å². The quantitative estimate of drug-likeness (QED) is 0.863. The van der Waals surface area contributed by atoms with Crippen LogP contribution in [0.2, 0.25) is 0 Å². The van der Waals surface area contributed by atoms with Crippen LogP contribution in [0.5, 0.6) is 0 Å². The third-order valence-corrected chi connectivity index (χ3v) is 4.21. The van der Waals surface area contributed by atoms with Crippen LogP contribution in [0.25, 0.3) is 0 Å². The summed E-state index contributed by atoms with van der Waals surface area (Å²) in [6.45, 7) is 1.04. The van der Waals surface area contributed by atoms with Crippen LogP contribution in [0.3, 0.4) is 0 Å². The zero-order valence-corrected chi connectivity index (χ0v) is 10.6. The molecule has 1 atom stereocenters. The number of nitrogens with one attached hydrogen (secondary N) is 2. The molecule has 0 amide bonds. The lowest BCUT2D eigenvalue weighted by Gasteiger charge is -2.14. The number of rotatable bonds is 5. The summed E-state index contributed by atoms with van der Waals surface area (Å²) < 4.78 is 1.21. The Balaban J connectivity index is 1.90. The highest BCUT2D eigenvalue weighted by molar-refractivity contribution is 9.11. The molecule has 1 heterocycles. The first kappa shape index (κ1) is 10.6. The Hall–Kier alpha value is 0.1000. The van der Waals surface area contributed by atoms with Gasteiger partial charge in [-0.2, -0.15) is 0 Å². The van der Waals surface area contributed by atoms with Gasteiger partial charge in [-0.15, -0.1) is 11.3 Å². The van der Waals surface area contributed by atoms with Crippen LogP contribution in [0.15, 0.2) is 15.9 Å². The molecule has 2 rings (SSSR count). The van der Waals surface area contributed by atoms with Gasteiger partial charge in [-0.1, -0.05) is 0 Å². The van der Waals surface area contributed by atoms with Crippen molar-refractivity contribution in [2.45, 2.75) is 24.9 Å². The minimum atomic E-state index is 0.451. The van der Waals surface area contributed by atoms with Gasteiger partial charge in [0.1, 0.15) is 0 Å². The van der Waals surface area contributed by atoms with Crippen LogP contribution < -0.4 is 10.6 Å². The molecule has 1 fully saturated rings. The molecule has 0 spiro atoms. The molecule has 1 aliphatic carbocycles. The summed E-state index contributed by atoms with van der Waals surface area (Å²) in [6.07, 6.45) is 2.70. The normalized spacial score (nSPS) is 18.4. The fourth-order valence-corrected chi connectivity index (χ4v) is 2.97. The van der Waals surface area contributed by atoms with Gasteiger partial charge < -0.3 is 10.6 Å². The molecule has 2 nitrogen and oxygen atoms in total. The molecular weight excluding hydrogens is 260 g/mol. The van der Waals surface area contributed by atoms with E-state index in [1.165, 1.54) is 21.5 Å². The summed E-state index contributed by atoms with van der Waals surface area (Å²) in [4.78, 5) is 1.40. The van der Waals surface area contributed by atoms with Crippen molar-refractivity contribution < 1.29 is 0 Å². The minimum Gasteiger partial charge on any atom is -0.312 e. The average molecular weight is 275 g/mol. The summed E-state index contributed by atoms with van der Waals surface area (Å²) in [7, 11) is 2.02. The highest BCUT2D eigenvalue weighted by Crippen LogP contribution is 2.27. The first-order valence-corrected chi connectivity index (χ1v) is 6.56. The van der Waals surface area contributed by atoms with E-state index in [0.29, 0.717) is 6.04 Å². The van der Waals surface area contributed by atoms with Crippen LogP contribution >= 0.6 is 27.3 Å². The van der Waals surface area contributed by atoms with Crippen LogP contribution in [0, 0.1) is 0 Å². The lowest BCUT2D eigenvalue weighted by atomic mass is 10.2. The molecule has 14 heavy (non-hydrogen) atoms. The van der Waals surface area contributed by atoms with Crippen LogP contribution in [-0.4, -0.2) is 19.6 Å². The maximum atomic E-state index is 3.54. The maximum absolute atomic E-state index is 3.54. The summed E-state index contributed by atoms with van der Waals surface area (Å²) >= 11 is 5.30. The highest BCUT2D eigenvalue weighted by Gasteiger charge is 2.22. The van der Waals surface area contributed by atoms with Gasteiger partial charge in [0.15, 0.2) is 0 Å². The van der Waals surface area contributed by atoms with Crippen molar-refractivity contribution in [1.29, 1.82) is 0 Å². The molecule has 0 saturated heterocycles. The van der Waals surface area contributed by atoms with E-state index in [-0.39, 0.29) is 0 Å². The minimum absolute atomic E-state index is 0.451. The van der Waals surface area contributed by atoms with E-state index >= 15 is 0 Å². The van der Waals surface area contributed by atoms with Gasteiger partial charge in [0, 0.05) is 17.5 Å². The molecule has 0 bridgehead atoms. The van der Waals surface area contributed by atoms with Crippen molar-refractivity contribution >= 4 is 27.3 Å². The van der Waals surface area contributed by atoms with Gasteiger partial charge in [-0.05, 0) is 48.0 Å². The highest BCUT2D eigenvalue weighted by atomic mass is 79.9. The smallest absolute Gasteiger partial charge is 0.0702 e. The Kier molecular flexibility index (Phi) is 3.60. The van der Waals surface area contributed by atoms with Crippen LogP contribution in [0.1, 0.15) is 23.8 Å². The lowest BCUT2D eigenvalue weighted by Crippen LogP contribution is -2.30. The first-order chi connectivity index (χ1) is 6.79. The molecule has 0 aromatic carbocycles. The number of halogens is 1. The SMILES string of the molecule is CNC(CNC1CC1)c1ccc(Br)s1.